The van der Waals surface area contributed by atoms with Crippen molar-refractivity contribution in [2.45, 2.75) is 13.8 Å². The van der Waals surface area contributed by atoms with E-state index >= 15 is 0 Å². The topological polar surface area (TPSA) is 80.2 Å². The molecule has 0 unspecified atom stereocenters. The third-order valence-corrected chi connectivity index (χ3v) is 4.69. The summed E-state index contributed by atoms with van der Waals surface area (Å²) in [6, 6.07) is 18.0. The quantitative estimate of drug-likeness (QED) is 0.705. The maximum absolute atomic E-state index is 12.5. The molecule has 27 heavy (non-hydrogen) atoms. The predicted octanol–water partition coefficient (Wildman–Crippen LogP) is 3.72. The second kappa shape index (κ2) is 7.28. The second-order valence-electron chi connectivity index (χ2n) is 6.41. The standard InChI is InChI=1S/C20H21N3O3S/c1-14-7-8-15(2)23(14)19-11-9-16(10-12-19)20(24)21-17-5-4-6-18(13-17)22-27(3,25)26/h4-13,22H,1-3H3,(H,21,24). The van der Waals surface area contributed by atoms with E-state index in [1.165, 1.54) is 0 Å². The molecule has 1 heterocycles. The van der Waals surface area contributed by atoms with E-state index in [0.29, 0.717) is 16.9 Å². The van der Waals surface area contributed by atoms with Crippen molar-refractivity contribution in [2.75, 3.05) is 16.3 Å². The highest BCUT2D eigenvalue weighted by molar-refractivity contribution is 7.92. The van der Waals surface area contributed by atoms with Crippen molar-refractivity contribution in [3.05, 3.63) is 77.6 Å². The lowest BCUT2D eigenvalue weighted by molar-refractivity contribution is 0.102. The highest BCUT2D eigenvalue weighted by atomic mass is 32.2. The average molecular weight is 383 g/mol. The van der Waals surface area contributed by atoms with Gasteiger partial charge >= 0.3 is 0 Å². The van der Waals surface area contributed by atoms with Gasteiger partial charge in [-0.15, -0.1) is 0 Å². The van der Waals surface area contributed by atoms with Crippen LogP contribution >= 0.6 is 0 Å². The molecule has 3 rings (SSSR count). The summed E-state index contributed by atoms with van der Waals surface area (Å²) in [5.74, 6) is -0.265. The summed E-state index contributed by atoms with van der Waals surface area (Å²) in [6.07, 6.45) is 1.08. The van der Waals surface area contributed by atoms with Crippen molar-refractivity contribution in [2.24, 2.45) is 0 Å². The van der Waals surface area contributed by atoms with Crippen molar-refractivity contribution in [1.29, 1.82) is 0 Å². The van der Waals surface area contributed by atoms with E-state index in [1.807, 2.05) is 38.1 Å². The predicted molar refractivity (Wildman–Crippen MR) is 108 cm³/mol. The van der Waals surface area contributed by atoms with Crippen molar-refractivity contribution in [3.8, 4) is 5.69 Å². The number of aromatic nitrogens is 1. The van der Waals surface area contributed by atoms with Gasteiger partial charge in [0.1, 0.15) is 0 Å². The number of hydrogen-bond donors (Lipinski definition) is 2. The number of sulfonamides is 1. The van der Waals surface area contributed by atoms with E-state index in [9.17, 15) is 13.2 Å². The van der Waals surface area contributed by atoms with Gasteiger partial charge in [-0.2, -0.15) is 0 Å². The zero-order chi connectivity index (χ0) is 19.6. The van der Waals surface area contributed by atoms with Crippen LogP contribution in [-0.2, 0) is 10.0 Å². The van der Waals surface area contributed by atoms with Crippen LogP contribution in [0.4, 0.5) is 11.4 Å². The van der Waals surface area contributed by atoms with Crippen LogP contribution in [0, 0.1) is 13.8 Å². The Morgan fingerprint density at radius 2 is 1.48 bits per heavy atom. The molecule has 0 atom stereocenters. The summed E-state index contributed by atoms with van der Waals surface area (Å²) in [7, 11) is -3.37. The Morgan fingerprint density at radius 3 is 2.07 bits per heavy atom. The number of benzene rings is 2. The number of anilines is 2. The third kappa shape index (κ3) is 4.57. The minimum atomic E-state index is -3.37. The van der Waals surface area contributed by atoms with Gasteiger partial charge in [-0.1, -0.05) is 6.07 Å². The lowest BCUT2D eigenvalue weighted by Crippen LogP contribution is -2.13. The Hall–Kier alpha value is -3.06. The summed E-state index contributed by atoms with van der Waals surface area (Å²) in [6.45, 7) is 4.07. The molecule has 0 saturated carbocycles. The van der Waals surface area contributed by atoms with E-state index in [0.717, 1.165) is 23.3 Å². The zero-order valence-corrected chi connectivity index (χ0v) is 16.2. The van der Waals surface area contributed by atoms with E-state index in [4.69, 9.17) is 0 Å². The Bertz CT molecular complexity index is 1060. The molecule has 0 aliphatic heterocycles. The molecule has 0 saturated heterocycles. The first-order valence-corrected chi connectivity index (χ1v) is 10.3. The molecule has 0 bridgehead atoms. The number of aryl methyl sites for hydroxylation is 2. The SMILES string of the molecule is Cc1ccc(C)n1-c1ccc(C(=O)Nc2cccc(NS(C)(=O)=O)c2)cc1. The summed E-state index contributed by atoms with van der Waals surface area (Å²) in [5, 5.41) is 2.78. The highest BCUT2D eigenvalue weighted by Gasteiger charge is 2.09. The van der Waals surface area contributed by atoms with Gasteiger partial charge in [0, 0.05) is 28.3 Å². The molecule has 7 heteroatoms. The van der Waals surface area contributed by atoms with Crippen molar-refractivity contribution < 1.29 is 13.2 Å². The van der Waals surface area contributed by atoms with Crippen LogP contribution in [0.3, 0.4) is 0 Å². The summed E-state index contributed by atoms with van der Waals surface area (Å²) in [5.41, 5.74) is 4.66. The molecule has 6 nitrogen and oxygen atoms in total. The van der Waals surface area contributed by atoms with E-state index in [-0.39, 0.29) is 5.91 Å². The monoisotopic (exact) mass is 383 g/mol. The number of nitrogens with one attached hydrogen (secondary N) is 2. The molecular formula is C20H21N3O3S. The van der Waals surface area contributed by atoms with Crippen LogP contribution in [0.2, 0.25) is 0 Å². The maximum atomic E-state index is 12.5. The van der Waals surface area contributed by atoms with E-state index < -0.39 is 10.0 Å². The zero-order valence-electron chi connectivity index (χ0n) is 15.4. The van der Waals surface area contributed by atoms with E-state index in [1.54, 1.807) is 36.4 Å². The van der Waals surface area contributed by atoms with E-state index in [2.05, 4.69) is 14.6 Å². The van der Waals surface area contributed by atoms with Crippen LogP contribution in [-0.4, -0.2) is 25.1 Å². The molecule has 0 spiro atoms. The Balaban J connectivity index is 1.76. The lowest BCUT2D eigenvalue weighted by Gasteiger charge is -2.11. The fourth-order valence-electron chi connectivity index (χ4n) is 2.92. The molecule has 0 radical (unpaired) electrons. The molecule has 0 fully saturated rings. The number of hydrogen-bond acceptors (Lipinski definition) is 3. The van der Waals surface area contributed by atoms with Crippen LogP contribution in [0.5, 0.6) is 0 Å². The Labute approximate surface area is 158 Å². The molecule has 0 aliphatic carbocycles. The molecule has 0 aliphatic rings. The first-order valence-electron chi connectivity index (χ1n) is 8.37. The van der Waals surface area contributed by atoms with Crippen LogP contribution in [0.1, 0.15) is 21.7 Å². The summed E-state index contributed by atoms with van der Waals surface area (Å²) < 4.78 is 27.2. The van der Waals surface area contributed by atoms with Crippen molar-refractivity contribution in [3.63, 3.8) is 0 Å². The molecule has 1 aromatic heterocycles. The van der Waals surface area contributed by atoms with Gasteiger partial charge in [-0.3, -0.25) is 9.52 Å². The minimum absolute atomic E-state index is 0.265. The van der Waals surface area contributed by atoms with Crippen LogP contribution < -0.4 is 10.0 Å². The van der Waals surface area contributed by atoms with Gasteiger partial charge in [0.2, 0.25) is 10.0 Å². The number of carbonyl (C=O) groups excluding carboxylic acids is 1. The summed E-state index contributed by atoms with van der Waals surface area (Å²) >= 11 is 0. The largest absolute Gasteiger partial charge is 0.322 e. The van der Waals surface area contributed by atoms with Crippen molar-refractivity contribution >= 4 is 27.3 Å². The fourth-order valence-corrected chi connectivity index (χ4v) is 3.47. The number of amides is 1. The minimum Gasteiger partial charge on any atom is -0.322 e. The van der Waals surface area contributed by atoms with Gasteiger partial charge in [-0.05, 0) is 68.4 Å². The molecule has 2 aromatic carbocycles. The Kier molecular flexibility index (Phi) is 5.05. The van der Waals surface area contributed by atoms with Gasteiger partial charge in [0.15, 0.2) is 0 Å². The molecule has 1 amide bonds. The number of rotatable bonds is 5. The maximum Gasteiger partial charge on any atom is 0.255 e. The normalized spacial score (nSPS) is 11.2. The van der Waals surface area contributed by atoms with Crippen LogP contribution in [0.25, 0.3) is 5.69 Å². The third-order valence-electron chi connectivity index (χ3n) is 4.08. The molecular weight excluding hydrogens is 362 g/mol. The van der Waals surface area contributed by atoms with Gasteiger partial charge in [0.25, 0.3) is 5.91 Å². The number of nitrogens with zero attached hydrogens (tertiary/aromatic N) is 1. The molecule has 140 valence electrons. The number of carbonyl (C=O) groups is 1. The Morgan fingerprint density at radius 1 is 0.889 bits per heavy atom. The average Bonchev–Trinajstić information content (AvgIpc) is 2.92. The second-order valence-corrected chi connectivity index (χ2v) is 8.16. The van der Waals surface area contributed by atoms with Gasteiger partial charge in [0.05, 0.1) is 11.9 Å². The summed E-state index contributed by atoms with van der Waals surface area (Å²) in [4.78, 5) is 12.5. The van der Waals surface area contributed by atoms with Gasteiger partial charge in [-0.25, -0.2) is 8.42 Å². The van der Waals surface area contributed by atoms with Crippen LogP contribution in [0.15, 0.2) is 60.7 Å². The first-order chi connectivity index (χ1) is 12.7. The molecule has 2 N–H and O–H groups in total. The first kappa shape index (κ1) is 18.7. The smallest absolute Gasteiger partial charge is 0.255 e. The highest BCUT2D eigenvalue weighted by Crippen LogP contribution is 2.19. The van der Waals surface area contributed by atoms with Crippen molar-refractivity contribution in [1.82, 2.24) is 4.57 Å². The fraction of sp³-hybridized carbons (Fsp3) is 0.150. The lowest BCUT2D eigenvalue weighted by atomic mass is 10.1. The molecule has 3 aromatic rings. The van der Waals surface area contributed by atoms with Gasteiger partial charge < -0.3 is 9.88 Å².